The van der Waals surface area contributed by atoms with Gasteiger partial charge in [0, 0.05) is 5.56 Å². The minimum absolute atomic E-state index is 0.106. The van der Waals surface area contributed by atoms with Crippen LogP contribution in [0.5, 0.6) is 5.75 Å². The first kappa shape index (κ1) is 25.6. The van der Waals surface area contributed by atoms with E-state index in [-0.39, 0.29) is 12.5 Å². The van der Waals surface area contributed by atoms with Gasteiger partial charge in [0.25, 0.3) is 5.91 Å². The Kier molecular flexibility index (Phi) is 8.96. The number of carbonyl (C=O) groups excluding carboxylic acids is 1. The lowest BCUT2D eigenvalue weighted by Gasteiger charge is -2.23. The van der Waals surface area contributed by atoms with E-state index in [2.05, 4.69) is 24.4 Å². The number of rotatable bonds is 11. The van der Waals surface area contributed by atoms with E-state index in [1.54, 1.807) is 48.5 Å². The van der Waals surface area contributed by atoms with Gasteiger partial charge in [0.2, 0.25) is 10.0 Å². The van der Waals surface area contributed by atoms with Gasteiger partial charge in [-0.2, -0.15) is 0 Å². The molecule has 1 amide bonds. The molecule has 0 saturated heterocycles. The first-order valence-electron chi connectivity index (χ1n) is 11.1. The quantitative estimate of drug-likeness (QED) is 0.373. The molecule has 3 aromatic carbocycles. The van der Waals surface area contributed by atoms with Crippen molar-refractivity contribution < 1.29 is 17.9 Å². The predicted octanol–water partition coefficient (Wildman–Crippen LogP) is 5.07. The number of aryl methyl sites for hydroxylation is 1. The number of ether oxygens (including phenoxy) is 1. The van der Waals surface area contributed by atoms with Crippen molar-refractivity contribution in [2.45, 2.75) is 26.3 Å². The summed E-state index contributed by atoms with van der Waals surface area (Å²) in [4.78, 5) is 12.4. The molecule has 3 rings (SSSR count). The Morgan fingerprint density at radius 3 is 2.24 bits per heavy atom. The van der Waals surface area contributed by atoms with Crippen LogP contribution in [0.15, 0.2) is 72.8 Å². The third-order valence-electron chi connectivity index (χ3n) is 5.18. The number of halogens is 1. The van der Waals surface area contributed by atoms with Gasteiger partial charge in [-0.05, 0) is 53.9 Å². The molecule has 0 radical (unpaired) electrons. The first-order chi connectivity index (χ1) is 16.3. The van der Waals surface area contributed by atoms with Crippen LogP contribution >= 0.6 is 11.6 Å². The van der Waals surface area contributed by atoms with Gasteiger partial charge in [-0.3, -0.25) is 9.10 Å². The number of carbonyl (C=O) groups is 1. The van der Waals surface area contributed by atoms with Crippen molar-refractivity contribution in [3.8, 4) is 5.75 Å². The van der Waals surface area contributed by atoms with E-state index >= 15 is 0 Å². The van der Waals surface area contributed by atoms with E-state index in [4.69, 9.17) is 16.3 Å². The Bertz CT molecular complexity index is 1200. The fourth-order valence-corrected chi connectivity index (χ4v) is 4.63. The third kappa shape index (κ3) is 7.23. The van der Waals surface area contributed by atoms with Gasteiger partial charge in [-0.25, -0.2) is 8.42 Å². The molecule has 0 unspecified atom stereocenters. The second-order valence-electron chi connectivity index (χ2n) is 7.92. The maximum Gasteiger partial charge on any atom is 0.251 e. The number of sulfonamides is 1. The number of hydrogen-bond acceptors (Lipinski definition) is 4. The van der Waals surface area contributed by atoms with Gasteiger partial charge in [-0.15, -0.1) is 0 Å². The van der Waals surface area contributed by atoms with Crippen molar-refractivity contribution >= 4 is 33.2 Å². The molecule has 0 saturated carbocycles. The number of amides is 1. The third-order valence-corrected chi connectivity index (χ3v) is 6.63. The smallest absolute Gasteiger partial charge is 0.251 e. The van der Waals surface area contributed by atoms with Crippen LogP contribution in [-0.4, -0.2) is 33.7 Å². The Morgan fingerprint density at radius 1 is 0.971 bits per heavy atom. The first-order valence-corrected chi connectivity index (χ1v) is 13.3. The molecule has 3 aromatic rings. The molecule has 0 aromatic heterocycles. The standard InChI is InChI=1S/C26H29ClN2O4S/c1-3-6-20-11-15-23(16-12-20)33-18-17-28-26(30)22-13-9-21(10-14-22)19-29(34(2,31)32)25-8-5-4-7-24(25)27/h4-5,7-16H,3,6,17-19H2,1-2H3,(H,28,30). The monoisotopic (exact) mass is 500 g/mol. The lowest BCUT2D eigenvalue weighted by Crippen LogP contribution is -2.30. The molecule has 0 bridgehead atoms. The molecular weight excluding hydrogens is 472 g/mol. The van der Waals surface area contributed by atoms with E-state index < -0.39 is 10.0 Å². The van der Waals surface area contributed by atoms with Crippen LogP contribution in [0.2, 0.25) is 5.02 Å². The highest BCUT2D eigenvalue weighted by Gasteiger charge is 2.20. The van der Waals surface area contributed by atoms with E-state index in [9.17, 15) is 13.2 Å². The molecule has 34 heavy (non-hydrogen) atoms. The maximum atomic E-state index is 12.4. The molecule has 0 spiro atoms. The minimum atomic E-state index is -3.55. The van der Waals surface area contributed by atoms with Crippen molar-refractivity contribution in [3.63, 3.8) is 0 Å². The summed E-state index contributed by atoms with van der Waals surface area (Å²) < 4.78 is 31.6. The minimum Gasteiger partial charge on any atom is -0.492 e. The summed E-state index contributed by atoms with van der Waals surface area (Å²) in [5.41, 5.74) is 2.90. The topological polar surface area (TPSA) is 75.7 Å². The fraction of sp³-hybridized carbons (Fsp3) is 0.269. The number of nitrogens with one attached hydrogen (secondary N) is 1. The highest BCUT2D eigenvalue weighted by molar-refractivity contribution is 7.92. The summed E-state index contributed by atoms with van der Waals surface area (Å²) in [7, 11) is -3.55. The molecule has 0 fully saturated rings. The summed E-state index contributed by atoms with van der Waals surface area (Å²) >= 11 is 6.21. The summed E-state index contributed by atoms with van der Waals surface area (Å²) in [6.45, 7) is 2.98. The number of benzene rings is 3. The molecule has 0 aliphatic heterocycles. The summed E-state index contributed by atoms with van der Waals surface area (Å²) in [6, 6.07) is 21.6. The Balaban J connectivity index is 1.54. The lowest BCUT2D eigenvalue weighted by atomic mass is 10.1. The average molecular weight is 501 g/mol. The van der Waals surface area contributed by atoms with Gasteiger partial charge in [0.15, 0.2) is 0 Å². The molecule has 1 N–H and O–H groups in total. The van der Waals surface area contributed by atoms with Crippen LogP contribution in [0.3, 0.4) is 0 Å². The summed E-state index contributed by atoms with van der Waals surface area (Å²) in [5.74, 6) is 0.548. The average Bonchev–Trinajstić information content (AvgIpc) is 2.82. The van der Waals surface area contributed by atoms with Gasteiger partial charge < -0.3 is 10.1 Å². The van der Waals surface area contributed by atoms with E-state index in [1.807, 2.05) is 12.1 Å². The van der Waals surface area contributed by atoms with Gasteiger partial charge in [0.05, 0.1) is 30.1 Å². The van der Waals surface area contributed by atoms with Gasteiger partial charge >= 0.3 is 0 Å². The van der Waals surface area contributed by atoms with E-state index in [0.717, 1.165) is 30.4 Å². The van der Waals surface area contributed by atoms with Crippen LogP contribution in [0.4, 0.5) is 5.69 Å². The van der Waals surface area contributed by atoms with Crippen molar-refractivity contribution in [2.24, 2.45) is 0 Å². The highest BCUT2D eigenvalue weighted by atomic mass is 35.5. The Morgan fingerprint density at radius 2 is 1.62 bits per heavy atom. The molecule has 0 aliphatic rings. The Labute approximate surface area is 206 Å². The fourth-order valence-electron chi connectivity index (χ4n) is 3.44. The van der Waals surface area contributed by atoms with E-state index in [0.29, 0.717) is 29.4 Å². The second kappa shape index (κ2) is 11.9. The number of nitrogens with zero attached hydrogens (tertiary/aromatic N) is 1. The zero-order chi connectivity index (χ0) is 24.6. The summed E-state index contributed by atoms with van der Waals surface area (Å²) in [5, 5.41) is 3.18. The SMILES string of the molecule is CCCc1ccc(OCCNC(=O)c2ccc(CN(c3ccccc3Cl)S(C)(=O)=O)cc2)cc1. The normalized spacial score (nSPS) is 11.1. The van der Waals surface area contributed by atoms with Crippen molar-refractivity contribution in [3.05, 3.63) is 94.5 Å². The van der Waals surface area contributed by atoms with Gasteiger partial charge in [-0.1, -0.05) is 61.3 Å². The zero-order valence-electron chi connectivity index (χ0n) is 19.3. The lowest BCUT2D eigenvalue weighted by molar-refractivity contribution is 0.0947. The Hall–Kier alpha value is -3.03. The molecule has 0 atom stereocenters. The van der Waals surface area contributed by atoms with Crippen LogP contribution < -0.4 is 14.4 Å². The summed E-state index contributed by atoms with van der Waals surface area (Å²) in [6.07, 6.45) is 3.28. The van der Waals surface area contributed by atoms with Crippen LogP contribution in [0.1, 0.15) is 34.8 Å². The molecular formula is C26H29ClN2O4S. The molecule has 8 heteroatoms. The van der Waals surface area contributed by atoms with Crippen molar-refractivity contribution in [2.75, 3.05) is 23.7 Å². The zero-order valence-corrected chi connectivity index (χ0v) is 20.9. The number of para-hydroxylation sites is 1. The molecule has 0 heterocycles. The number of anilines is 1. The second-order valence-corrected chi connectivity index (χ2v) is 10.2. The molecule has 0 aliphatic carbocycles. The van der Waals surface area contributed by atoms with Crippen LogP contribution in [0.25, 0.3) is 0 Å². The molecule has 180 valence electrons. The van der Waals surface area contributed by atoms with Crippen molar-refractivity contribution in [1.82, 2.24) is 5.32 Å². The number of hydrogen-bond donors (Lipinski definition) is 1. The van der Waals surface area contributed by atoms with Gasteiger partial charge in [0.1, 0.15) is 12.4 Å². The maximum absolute atomic E-state index is 12.4. The largest absolute Gasteiger partial charge is 0.492 e. The van der Waals surface area contributed by atoms with Crippen LogP contribution in [0, 0.1) is 0 Å². The van der Waals surface area contributed by atoms with Crippen LogP contribution in [-0.2, 0) is 23.0 Å². The highest BCUT2D eigenvalue weighted by Crippen LogP contribution is 2.28. The van der Waals surface area contributed by atoms with Crippen molar-refractivity contribution in [1.29, 1.82) is 0 Å². The molecule has 6 nitrogen and oxygen atoms in total. The predicted molar refractivity (Wildman–Crippen MR) is 137 cm³/mol. The van der Waals surface area contributed by atoms with E-state index in [1.165, 1.54) is 9.87 Å².